The lowest BCUT2D eigenvalue weighted by Gasteiger charge is -2.05. The summed E-state index contributed by atoms with van der Waals surface area (Å²) >= 11 is 0. The van der Waals surface area contributed by atoms with Crippen molar-refractivity contribution >= 4 is 33.7 Å². The van der Waals surface area contributed by atoms with E-state index in [4.69, 9.17) is 0 Å². The molecule has 0 unspecified atom stereocenters. The molecule has 5 nitrogen and oxygen atoms in total. The van der Waals surface area contributed by atoms with E-state index in [2.05, 4.69) is 9.72 Å². The third kappa shape index (κ3) is 1.64. The second-order valence-electron chi connectivity index (χ2n) is 4.38. The number of H-pyrrole nitrogens is 1. The Hall–Kier alpha value is -2.82. The SMILES string of the molecule is COC(=O)c1ccc2[nH]c3ccccc3c2c1C(=O)O. The van der Waals surface area contributed by atoms with Crippen molar-refractivity contribution in [2.75, 3.05) is 7.11 Å². The minimum absolute atomic E-state index is 0.0354. The van der Waals surface area contributed by atoms with Gasteiger partial charge in [0.05, 0.1) is 18.2 Å². The van der Waals surface area contributed by atoms with Gasteiger partial charge in [-0.25, -0.2) is 9.59 Å². The van der Waals surface area contributed by atoms with Gasteiger partial charge in [0.15, 0.2) is 0 Å². The molecule has 0 aliphatic heterocycles. The molecule has 0 bridgehead atoms. The number of aromatic amines is 1. The van der Waals surface area contributed by atoms with Gasteiger partial charge >= 0.3 is 11.9 Å². The maximum atomic E-state index is 11.7. The molecular weight excluding hydrogens is 258 g/mol. The first kappa shape index (κ1) is 12.2. The predicted molar refractivity (Wildman–Crippen MR) is 74.1 cm³/mol. The molecule has 0 aliphatic rings. The van der Waals surface area contributed by atoms with E-state index in [1.165, 1.54) is 13.2 Å². The van der Waals surface area contributed by atoms with Gasteiger partial charge in [-0.05, 0) is 18.2 Å². The molecule has 0 saturated heterocycles. The van der Waals surface area contributed by atoms with Gasteiger partial charge < -0.3 is 14.8 Å². The van der Waals surface area contributed by atoms with Crippen molar-refractivity contribution in [3.8, 4) is 0 Å². The van der Waals surface area contributed by atoms with Crippen LogP contribution in [0.15, 0.2) is 36.4 Å². The summed E-state index contributed by atoms with van der Waals surface area (Å²) in [6.45, 7) is 0. The number of carbonyl (C=O) groups is 2. The van der Waals surface area contributed by atoms with E-state index in [1.54, 1.807) is 6.07 Å². The Morgan fingerprint density at radius 2 is 1.85 bits per heavy atom. The number of benzene rings is 2. The van der Waals surface area contributed by atoms with E-state index in [1.807, 2.05) is 24.3 Å². The summed E-state index contributed by atoms with van der Waals surface area (Å²) in [4.78, 5) is 26.5. The van der Waals surface area contributed by atoms with Gasteiger partial charge in [0, 0.05) is 21.8 Å². The molecular formula is C15H11NO4. The first-order chi connectivity index (χ1) is 9.63. The van der Waals surface area contributed by atoms with Crippen LogP contribution in [0, 0.1) is 0 Å². The van der Waals surface area contributed by atoms with Gasteiger partial charge in [0.25, 0.3) is 0 Å². The molecule has 0 spiro atoms. The van der Waals surface area contributed by atoms with Crippen LogP contribution in [0.2, 0.25) is 0 Å². The number of aromatic nitrogens is 1. The fourth-order valence-corrected chi connectivity index (χ4v) is 2.44. The number of aromatic carboxylic acids is 1. The normalized spacial score (nSPS) is 10.8. The van der Waals surface area contributed by atoms with Gasteiger partial charge in [0.1, 0.15) is 0 Å². The molecule has 0 saturated carbocycles. The van der Waals surface area contributed by atoms with E-state index >= 15 is 0 Å². The van der Waals surface area contributed by atoms with Gasteiger partial charge in [-0.3, -0.25) is 0 Å². The number of ether oxygens (including phenoxy) is 1. The number of nitrogens with one attached hydrogen (secondary N) is 1. The molecule has 5 heteroatoms. The number of methoxy groups -OCH3 is 1. The van der Waals surface area contributed by atoms with Crippen LogP contribution in [0.25, 0.3) is 21.8 Å². The maximum absolute atomic E-state index is 11.7. The van der Waals surface area contributed by atoms with E-state index in [0.29, 0.717) is 10.9 Å². The molecule has 0 fully saturated rings. The highest BCUT2D eigenvalue weighted by Gasteiger charge is 2.22. The Kier molecular flexibility index (Phi) is 2.68. The number of rotatable bonds is 2. The highest BCUT2D eigenvalue weighted by molar-refractivity contribution is 6.20. The van der Waals surface area contributed by atoms with Gasteiger partial charge in [-0.1, -0.05) is 18.2 Å². The fourth-order valence-electron chi connectivity index (χ4n) is 2.44. The van der Waals surface area contributed by atoms with Gasteiger partial charge in [-0.15, -0.1) is 0 Å². The zero-order valence-corrected chi connectivity index (χ0v) is 10.6. The second-order valence-corrected chi connectivity index (χ2v) is 4.38. The first-order valence-corrected chi connectivity index (χ1v) is 5.98. The van der Waals surface area contributed by atoms with Crippen LogP contribution in [0.3, 0.4) is 0 Å². The predicted octanol–water partition coefficient (Wildman–Crippen LogP) is 2.81. The third-order valence-electron chi connectivity index (χ3n) is 3.29. The summed E-state index contributed by atoms with van der Waals surface area (Å²) in [6.07, 6.45) is 0. The maximum Gasteiger partial charge on any atom is 0.338 e. The monoisotopic (exact) mass is 269 g/mol. The van der Waals surface area contributed by atoms with Crippen LogP contribution in [-0.2, 0) is 4.74 Å². The summed E-state index contributed by atoms with van der Waals surface area (Å²) in [5.74, 6) is -1.81. The zero-order valence-electron chi connectivity index (χ0n) is 10.6. The molecule has 2 N–H and O–H groups in total. The topological polar surface area (TPSA) is 79.4 Å². The number of carboxylic acid groups (broad SMARTS) is 1. The van der Waals surface area contributed by atoms with Crippen molar-refractivity contribution in [2.24, 2.45) is 0 Å². The lowest BCUT2D eigenvalue weighted by atomic mass is 10.0. The number of hydrogen-bond donors (Lipinski definition) is 2. The molecule has 3 rings (SSSR count). The summed E-state index contributed by atoms with van der Waals surface area (Å²) in [5, 5.41) is 10.8. The minimum atomic E-state index is -1.15. The van der Waals surface area contributed by atoms with Crippen molar-refractivity contribution < 1.29 is 19.4 Å². The Morgan fingerprint density at radius 1 is 1.10 bits per heavy atom. The van der Waals surface area contributed by atoms with Crippen LogP contribution in [0.1, 0.15) is 20.7 Å². The molecule has 1 heterocycles. The summed E-state index contributed by atoms with van der Waals surface area (Å²) < 4.78 is 4.65. The van der Waals surface area contributed by atoms with Crippen molar-refractivity contribution in [3.05, 3.63) is 47.5 Å². The second kappa shape index (κ2) is 4.38. The third-order valence-corrected chi connectivity index (χ3v) is 3.29. The molecule has 0 aliphatic carbocycles. The zero-order chi connectivity index (χ0) is 14.3. The van der Waals surface area contributed by atoms with Crippen molar-refractivity contribution in [2.45, 2.75) is 0 Å². The van der Waals surface area contributed by atoms with Crippen molar-refractivity contribution in [3.63, 3.8) is 0 Å². The van der Waals surface area contributed by atoms with Crippen LogP contribution in [-0.4, -0.2) is 29.1 Å². The smallest absolute Gasteiger partial charge is 0.338 e. The standard InChI is InChI=1S/C15H11NO4/c1-20-15(19)9-6-7-11-12(13(9)14(17)18)8-4-2-3-5-10(8)16-11/h2-7,16H,1H3,(H,17,18). The molecule has 100 valence electrons. The average Bonchev–Trinajstić information content (AvgIpc) is 2.83. The summed E-state index contributed by atoms with van der Waals surface area (Å²) in [6, 6.07) is 10.5. The fraction of sp³-hybridized carbons (Fsp3) is 0.0667. The van der Waals surface area contributed by atoms with Gasteiger partial charge in [0.2, 0.25) is 0 Å². The van der Waals surface area contributed by atoms with Gasteiger partial charge in [-0.2, -0.15) is 0 Å². The number of esters is 1. The average molecular weight is 269 g/mol. The quantitative estimate of drug-likeness (QED) is 0.701. The van der Waals surface area contributed by atoms with E-state index in [9.17, 15) is 14.7 Å². The number of carbonyl (C=O) groups excluding carboxylic acids is 1. The Morgan fingerprint density at radius 3 is 2.55 bits per heavy atom. The van der Waals surface area contributed by atoms with Crippen LogP contribution < -0.4 is 0 Å². The number of fused-ring (bicyclic) bond motifs is 3. The van der Waals surface area contributed by atoms with E-state index in [0.717, 1.165) is 10.9 Å². The highest BCUT2D eigenvalue weighted by Crippen LogP contribution is 2.30. The lowest BCUT2D eigenvalue weighted by Crippen LogP contribution is -2.10. The van der Waals surface area contributed by atoms with Crippen LogP contribution in [0.5, 0.6) is 0 Å². The molecule has 0 radical (unpaired) electrons. The molecule has 2 aromatic carbocycles. The van der Waals surface area contributed by atoms with Crippen molar-refractivity contribution in [1.82, 2.24) is 4.98 Å². The highest BCUT2D eigenvalue weighted by atomic mass is 16.5. The van der Waals surface area contributed by atoms with Crippen LogP contribution >= 0.6 is 0 Å². The Bertz CT molecular complexity index is 848. The molecule has 1 aromatic heterocycles. The minimum Gasteiger partial charge on any atom is -0.478 e. The summed E-state index contributed by atoms with van der Waals surface area (Å²) in [7, 11) is 1.23. The number of carboxylic acids is 1. The number of hydrogen-bond acceptors (Lipinski definition) is 3. The molecule has 0 atom stereocenters. The van der Waals surface area contributed by atoms with Crippen molar-refractivity contribution in [1.29, 1.82) is 0 Å². The molecule has 3 aromatic rings. The molecule has 0 amide bonds. The Labute approximate surface area is 113 Å². The largest absolute Gasteiger partial charge is 0.478 e. The first-order valence-electron chi connectivity index (χ1n) is 5.98. The Balaban J connectivity index is 2.50. The van der Waals surface area contributed by atoms with Crippen LogP contribution in [0.4, 0.5) is 0 Å². The molecule has 20 heavy (non-hydrogen) atoms. The number of para-hydroxylation sites is 1. The van der Waals surface area contributed by atoms with E-state index < -0.39 is 11.9 Å². The summed E-state index contributed by atoms with van der Waals surface area (Å²) in [5.41, 5.74) is 1.52. The lowest BCUT2D eigenvalue weighted by molar-refractivity contribution is 0.0583. The van der Waals surface area contributed by atoms with E-state index in [-0.39, 0.29) is 11.1 Å².